The van der Waals surface area contributed by atoms with Gasteiger partial charge in [0.2, 0.25) is 0 Å². The molecule has 128 valence electrons. The Labute approximate surface area is 152 Å². The zero-order valence-corrected chi connectivity index (χ0v) is 15.0. The molecule has 0 spiro atoms. The van der Waals surface area contributed by atoms with Gasteiger partial charge in [-0.05, 0) is 41.5 Å². The summed E-state index contributed by atoms with van der Waals surface area (Å²) in [5.41, 5.74) is 2.93. The highest BCUT2D eigenvalue weighted by molar-refractivity contribution is 7.20. The second kappa shape index (κ2) is 7.38. The summed E-state index contributed by atoms with van der Waals surface area (Å²) in [6, 6.07) is 18.8. The van der Waals surface area contributed by atoms with E-state index in [2.05, 4.69) is 46.6 Å². The van der Waals surface area contributed by atoms with Gasteiger partial charge in [0.05, 0.1) is 4.88 Å². The molecule has 1 aliphatic rings. The number of carbonyl (C=O) groups excluding carboxylic acids is 1. The average Bonchev–Trinajstić information content (AvgIpc) is 3.09. The van der Waals surface area contributed by atoms with E-state index in [-0.39, 0.29) is 5.91 Å². The van der Waals surface area contributed by atoms with Crippen LogP contribution in [0.1, 0.15) is 27.2 Å². The largest absolute Gasteiger partial charge is 0.351 e. The van der Waals surface area contributed by atoms with Crippen molar-refractivity contribution in [1.82, 2.24) is 10.2 Å². The molecular weight excluding hydrogens is 328 g/mol. The Morgan fingerprint density at radius 2 is 1.88 bits per heavy atom. The van der Waals surface area contributed by atoms with Crippen molar-refractivity contribution >= 4 is 27.3 Å². The molecule has 0 fully saturated rings. The molecule has 0 saturated carbocycles. The Kier molecular flexibility index (Phi) is 4.81. The lowest BCUT2D eigenvalue weighted by Crippen LogP contribution is -2.33. The van der Waals surface area contributed by atoms with Gasteiger partial charge in [0.1, 0.15) is 0 Å². The average molecular weight is 350 g/mol. The molecule has 4 rings (SSSR count). The molecule has 1 N–H and O–H groups in total. The SMILES string of the molecule is O=C(NCCCN1CCc2ccccc2C1)c1cc2ccccc2s1. The summed E-state index contributed by atoms with van der Waals surface area (Å²) in [6.45, 7) is 3.90. The smallest absolute Gasteiger partial charge is 0.261 e. The molecule has 25 heavy (non-hydrogen) atoms. The summed E-state index contributed by atoms with van der Waals surface area (Å²) in [7, 11) is 0. The van der Waals surface area contributed by atoms with Crippen LogP contribution in [0.4, 0.5) is 0 Å². The lowest BCUT2D eigenvalue weighted by atomic mass is 10.00. The van der Waals surface area contributed by atoms with Crippen molar-refractivity contribution in [3.63, 3.8) is 0 Å². The van der Waals surface area contributed by atoms with Crippen LogP contribution in [0.2, 0.25) is 0 Å². The van der Waals surface area contributed by atoms with Crippen molar-refractivity contribution in [2.24, 2.45) is 0 Å². The number of nitrogens with one attached hydrogen (secondary N) is 1. The van der Waals surface area contributed by atoms with E-state index < -0.39 is 0 Å². The third-order valence-corrected chi connectivity index (χ3v) is 5.91. The van der Waals surface area contributed by atoms with Crippen molar-refractivity contribution in [1.29, 1.82) is 0 Å². The summed E-state index contributed by atoms with van der Waals surface area (Å²) < 4.78 is 1.17. The number of hydrogen-bond acceptors (Lipinski definition) is 3. The molecule has 2 heterocycles. The molecule has 0 radical (unpaired) electrons. The third-order valence-electron chi connectivity index (χ3n) is 4.80. The summed E-state index contributed by atoms with van der Waals surface area (Å²) in [4.78, 5) is 15.6. The molecule has 3 aromatic rings. The highest BCUT2D eigenvalue weighted by Gasteiger charge is 2.15. The minimum absolute atomic E-state index is 0.0465. The lowest BCUT2D eigenvalue weighted by Gasteiger charge is -2.28. The molecule has 1 aliphatic heterocycles. The molecule has 1 aromatic heterocycles. The van der Waals surface area contributed by atoms with E-state index in [1.807, 2.05) is 18.2 Å². The Balaban J connectivity index is 1.25. The van der Waals surface area contributed by atoms with Gasteiger partial charge in [-0.2, -0.15) is 0 Å². The van der Waals surface area contributed by atoms with Crippen LogP contribution < -0.4 is 5.32 Å². The van der Waals surface area contributed by atoms with Crippen molar-refractivity contribution in [2.75, 3.05) is 19.6 Å². The summed E-state index contributed by atoms with van der Waals surface area (Å²) in [6.07, 6.45) is 2.11. The van der Waals surface area contributed by atoms with Crippen LogP contribution in [0.25, 0.3) is 10.1 Å². The molecule has 0 aliphatic carbocycles. The first-order valence-electron chi connectivity index (χ1n) is 8.85. The number of amides is 1. The van der Waals surface area contributed by atoms with Crippen LogP contribution in [0.3, 0.4) is 0 Å². The Morgan fingerprint density at radius 3 is 2.76 bits per heavy atom. The predicted octanol–water partition coefficient (Wildman–Crippen LogP) is 4.08. The first kappa shape index (κ1) is 16.3. The van der Waals surface area contributed by atoms with Crippen LogP contribution in [0.5, 0.6) is 0 Å². The standard InChI is InChI=1S/C21H22N2OS/c24-21(20-14-17-7-3-4-9-19(17)25-20)22-11-5-12-23-13-10-16-6-1-2-8-18(16)15-23/h1-4,6-9,14H,5,10-13,15H2,(H,22,24). The molecule has 1 amide bonds. The zero-order valence-electron chi connectivity index (χ0n) is 14.2. The van der Waals surface area contributed by atoms with Gasteiger partial charge in [-0.25, -0.2) is 0 Å². The number of rotatable bonds is 5. The summed E-state index contributed by atoms with van der Waals surface area (Å²) >= 11 is 1.56. The molecule has 0 bridgehead atoms. The fourth-order valence-corrected chi connectivity index (χ4v) is 4.41. The number of nitrogens with zero attached hydrogens (tertiary/aromatic N) is 1. The Bertz CT molecular complexity index is 853. The van der Waals surface area contributed by atoms with E-state index in [0.717, 1.165) is 49.3 Å². The zero-order chi connectivity index (χ0) is 17.1. The summed E-state index contributed by atoms with van der Waals surface area (Å²) in [5.74, 6) is 0.0465. The molecule has 4 heteroatoms. The Morgan fingerprint density at radius 1 is 1.08 bits per heavy atom. The van der Waals surface area contributed by atoms with Crippen LogP contribution in [-0.2, 0) is 13.0 Å². The molecule has 0 atom stereocenters. The van der Waals surface area contributed by atoms with E-state index in [9.17, 15) is 4.79 Å². The van der Waals surface area contributed by atoms with E-state index in [4.69, 9.17) is 0 Å². The van der Waals surface area contributed by atoms with E-state index in [1.165, 1.54) is 15.8 Å². The van der Waals surface area contributed by atoms with E-state index in [1.54, 1.807) is 11.3 Å². The van der Waals surface area contributed by atoms with Gasteiger partial charge in [-0.1, -0.05) is 42.5 Å². The van der Waals surface area contributed by atoms with Crippen molar-refractivity contribution in [2.45, 2.75) is 19.4 Å². The van der Waals surface area contributed by atoms with Crippen molar-refractivity contribution in [3.05, 3.63) is 70.6 Å². The number of fused-ring (bicyclic) bond motifs is 2. The normalized spacial score (nSPS) is 14.4. The topological polar surface area (TPSA) is 32.3 Å². The monoisotopic (exact) mass is 350 g/mol. The highest BCUT2D eigenvalue weighted by Crippen LogP contribution is 2.25. The van der Waals surface area contributed by atoms with Crippen LogP contribution >= 0.6 is 11.3 Å². The molecule has 2 aromatic carbocycles. The lowest BCUT2D eigenvalue weighted by molar-refractivity contribution is 0.0955. The second-order valence-electron chi connectivity index (χ2n) is 6.55. The number of hydrogen-bond donors (Lipinski definition) is 1. The van der Waals surface area contributed by atoms with Gasteiger partial charge in [0.25, 0.3) is 5.91 Å². The van der Waals surface area contributed by atoms with Gasteiger partial charge >= 0.3 is 0 Å². The van der Waals surface area contributed by atoms with Crippen LogP contribution in [-0.4, -0.2) is 30.4 Å². The number of benzene rings is 2. The second-order valence-corrected chi connectivity index (χ2v) is 7.64. The minimum Gasteiger partial charge on any atom is -0.351 e. The van der Waals surface area contributed by atoms with Crippen LogP contribution in [0.15, 0.2) is 54.6 Å². The number of thiophene rings is 1. The van der Waals surface area contributed by atoms with Crippen molar-refractivity contribution < 1.29 is 4.79 Å². The van der Waals surface area contributed by atoms with E-state index >= 15 is 0 Å². The molecule has 3 nitrogen and oxygen atoms in total. The first-order valence-corrected chi connectivity index (χ1v) is 9.67. The fraction of sp³-hybridized carbons (Fsp3) is 0.286. The Hall–Kier alpha value is -2.17. The van der Waals surface area contributed by atoms with Crippen molar-refractivity contribution in [3.8, 4) is 0 Å². The maximum absolute atomic E-state index is 12.3. The summed E-state index contributed by atoms with van der Waals surface area (Å²) in [5, 5.41) is 4.21. The number of carbonyl (C=O) groups is 1. The molecular formula is C21H22N2OS. The predicted molar refractivity (Wildman–Crippen MR) is 104 cm³/mol. The van der Waals surface area contributed by atoms with Crippen LogP contribution in [0, 0.1) is 0 Å². The quantitative estimate of drug-likeness (QED) is 0.703. The van der Waals surface area contributed by atoms with E-state index in [0.29, 0.717) is 0 Å². The maximum Gasteiger partial charge on any atom is 0.261 e. The first-order chi connectivity index (χ1) is 12.3. The van der Waals surface area contributed by atoms with Gasteiger partial charge in [0.15, 0.2) is 0 Å². The maximum atomic E-state index is 12.3. The fourth-order valence-electron chi connectivity index (χ4n) is 3.43. The minimum atomic E-state index is 0.0465. The third kappa shape index (κ3) is 3.75. The highest BCUT2D eigenvalue weighted by atomic mass is 32.1. The molecule has 0 unspecified atom stereocenters. The van der Waals surface area contributed by atoms with Gasteiger partial charge in [0, 0.05) is 30.9 Å². The van der Waals surface area contributed by atoms with Gasteiger partial charge < -0.3 is 5.32 Å². The molecule has 0 saturated heterocycles. The van der Waals surface area contributed by atoms with Gasteiger partial charge in [-0.15, -0.1) is 11.3 Å². The van der Waals surface area contributed by atoms with Gasteiger partial charge in [-0.3, -0.25) is 9.69 Å².